The van der Waals surface area contributed by atoms with E-state index in [9.17, 15) is 0 Å². The van der Waals surface area contributed by atoms with Crippen LogP contribution in [0.15, 0.2) is 0 Å². The minimum absolute atomic E-state index is 0.532. The highest BCUT2D eigenvalue weighted by Gasteiger charge is 2.25. The Morgan fingerprint density at radius 3 is 2.67 bits per heavy atom. The van der Waals surface area contributed by atoms with E-state index in [0.717, 1.165) is 29.1 Å². The summed E-state index contributed by atoms with van der Waals surface area (Å²) in [6, 6.07) is 0. The smallest absolute Gasteiger partial charge is 0.148 e. The number of aromatic nitrogens is 2. The summed E-state index contributed by atoms with van der Waals surface area (Å²) in [6.45, 7) is 2.34. The van der Waals surface area contributed by atoms with Gasteiger partial charge in [0.05, 0.1) is 5.69 Å². The summed E-state index contributed by atoms with van der Waals surface area (Å²) >= 11 is 1.89. The summed E-state index contributed by atoms with van der Waals surface area (Å²) in [7, 11) is 0. The molecule has 0 spiro atoms. The Morgan fingerprint density at radius 1 is 1.17 bits per heavy atom. The number of nitrogens with zero attached hydrogens (tertiary/aromatic N) is 2. The molecule has 5 heteroatoms. The highest BCUT2D eigenvalue weighted by molar-refractivity contribution is 7.98. The molecule has 2 aliphatic rings. The van der Waals surface area contributed by atoms with Gasteiger partial charge in [0.1, 0.15) is 11.6 Å². The van der Waals surface area contributed by atoms with Crippen molar-refractivity contribution in [3.05, 3.63) is 17.1 Å². The lowest BCUT2D eigenvalue weighted by molar-refractivity contribution is 0.339. The van der Waals surface area contributed by atoms with E-state index in [0.29, 0.717) is 5.92 Å². The number of nitrogen functional groups attached to an aromatic ring is 1. The Bertz CT molecular complexity index is 441. The van der Waals surface area contributed by atoms with Crippen LogP contribution in [-0.4, -0.2) is 9.97 Å². The first-order valence-corrected chi connectivity index (χ1v) is 7.87. The molecule has 1 saturated carbocycles. The van der Waals surface area contributed by atoms with E-state index < -0.39 is 0 Å². The Balaban J connectivity index is 1.88. The second kappa shape index (κ2) is 5.05. The van der Waals surface area contributed by atoms with Gasteiger partial charge >= 0.3 is 0 Å². The molecule has 18 heavy (non-hydrogen) atoms. The van der Waals surface area contributed by atoms with Crippen molar-refractivity contribution in [1.29, 1.82) is 0 Å². The van der Waals surface area contributed by atoms with Gasteiger partial charge in [-0.2, -0.15) is 11.8 Å². The van der Waals surface area contributed by atoms with Gasteiger partial charge < -0.3 is 5.43 Å². The van der Waals surface area contributed by atoms with Crippen molar-refractivity contribution in [2.45, 2.75) is 50.0 Å². The maximum Gasteiger partial charge on any atom is 0.148 e. The zero-order valence-electron chi connectivity index (χ0n) is 10.8. The van der Waals surface area contributed by atoms with Crippen LogP contribution in [-0.2, 0) is 11.5 Å². The number of rotatable bonds is 2. The van der Waals surface area contributed by atoms with E-state index in [1.165, 1.54) is 36.9 Å². The van der Waals surface area contributed by atoms with Crippen LogP contribution in [0.4, 0.5) is 5.82 Å². The topological polar surface area (TPSA) is 63.8 Å². The van der Waals surface area contributed by atoms with E-state index in [1.54, 1.807) is 0 Å². The Morgan fingerprint density at radius 2 is 1.94 bits per heavy atom. The van der Waals surface area contributed by atoms with E-state index in [2.05, 4.69) is 17.3 Å². The van der Waals surface area contributed by atoms with Crippen LogP contribution in [0.2, 0.25) is 0 Å². The normalized spacial score (nSPS) is 27.0. The van der Waals surface area contributed by atoms with Gasteiger partial charge in [0.15, 0.2) is 0 Å². The molecule has 1 aromatic heterocycles. The molecule has 0 bridgehead atoms. The highest BCUT2D eigenvalue weighted by atomic mass is 32.2. The van der Waals surface area contributed by atoms with Crippen LogP contribution in [0.3, 0.4) is 0 Å². The SMILES string of the molecule is CC1CCC(c2nc3c(c(NN)n2)CSC3)CC1. The van der Waals surface area contributed by atoms with Gasteiger partial charge in [-0.25, -0.2) is 15.8 Å². The van der Waals surface area contributed by atoms with Crippen LogP contribution >= 0.6 is 11.8 Å². The molecule has 1 aromatic rings. The predicted molar refractivity (Wildman–Crippen MR) is 75.2 cm³/mol. The second-order valence-electron chi connectivity index (χ2n) is 5.45. The van der Waals surface area contributed by atoms with Crippen LogP contribution in [0.1, 0.15) is 55.6 Å². The molecule has 1 aliphatic carbocycles. The lowest BCUT2D eigenvalue weighted by atomic mass is 9.82. The van der Waals surface area contributed by atoms with Gasteiger partial charge in [0.25, 0.3) is 0 Å². The number of fused-ring (bicyclic) bond motifs is 1. The lowest BCUT2D eigenvalue weighted by Crippen LogP contribution is -2.18. The number of thioether (sulfide) groups is 1. The maximum absolute atomic E-state index is 5.59. The number of hydrogen-bond acceptors (Lipinski definition) is 5. The van der Waals surface area contributed by atoms with Crippen molar-refractivity contribution in [2.24, 2.45) is 11.8 Å². The van der Waals surface area contributed by atoms with E-state index in [-0.39, 0.29) is 0 Å². The Kier molecular flexibility index (Phi) is 3.43. The fourth-order valence-corrected chi connectivity index (χ4v) is 3.93. The van der Waals surface area contributed by atoms with Gasteiger partial charge in [0, 0.05) is 23.0 Å². The molecule has 98 valence electrons. The molecule has 4 nitrogen and oxygen atoms in total. The first kappa shape index (κ1) is 12.2. The van der Waals surface area contributed by atoms with Crippen molar-refractivity contribution in [2.75, 3.05) is 5.43 Å². The molecule has 1 aliphatic heterocycles. The third kappa shape index (κ3) is 2.21. The third-order valence-corrected chi connectivity index (χ3v) is 5.08. The zero-order valence-corrected chi connectivity index (χ0v) is 11.6. The first-order valence-electron chi connectivity index (χ1n) is 6.72. The van der Waals surface area contributed by atoms with Gasteiger partial charge in [-0.1, -0.05) is 19.8 Å². The summed E-state index contributed by atoms with van der Waals surface area (Å²) in [5.74, 6) is 10.8. The quantitative estimate of drug-likeness (QED) is 0.635. The fourth-order valence-electron chi connectivity index (χ4n) is 2.89. The second-order valence-corrected chi connectivity index (χ2v) is 6.44. The Labute approximate surface area is 112 Å². The van der Waals surface area contributed by atoms with Crippen molar-refractivity contribution in [3.8, 4) is 0 Å². The largest absolute Gasteiger partial charge is 0.308 e. The van der Waals surface area contributed by atoms with Crippen molar-refractivity contribution in [1.82, 2.24) is 9.97 Å². The fraction of sp³-hybridized carbons (Fsp3) is 0.692. The third-order valence-electron chi connectivity index (χ3n) is 4.11. The lowest BCUT2D eigenvalue weighted by Gasteiger charge is -2.25. The number of hydrazine groups is 1. The minimum atomic E-state index is 0.532. The molecule has 0 saturated heterocycles. The summed E-state index contributed by atoms with van der Waals surface area (Å²) in [4.78, 5) is 9.43. The first-order chi connectivity index (χ1) is 8.78. The van der Waals surface area contributed by atoms with E-state index >= 15 is 0 Å². The summed E-state index contributed by atoms with van der Waals surface area (Å²) in [6.07, 6.45) is 5.03. The minimum Gasteiger partial charge on any atom is -0.308 e. The molecular formula is C13H20N4S. The summed E-state index contributed by atoms with van der Waals surface area (Å²) in [5.41, 5.74) is 5.15. The van der Waals surface area contributed by atoms with Crippen molar-refractivity contribution >= 4 is 17.6 Å². The van der Waals surface area contributed by atoms with Gasteiger partial charge in [-0.05, 0) is 18.8 Å². The predicted octanol–water partition coefficient (Wildman–Crippen LogP) is 2.80. The van der Waals surface area contributed by atoms with Gasteiger partial charge in [-0.3, -0.25) is 0 Å². The van der Waals surface area contributed by atoms with E-state index in [1.807, 2.05) is 11.8 Å². The molecule has 3 rings (SSSR count). The molecule has 0 radical (unpaired) electrons. The highest BCUT2D eigenvalue weighted by Crippen LogP contribution is 2.37. The number of anilines is 1. The van der Waals surface area contributed by atoms with Crippen LogP contribution in [0, 0.1) is 5.92 Å². The maximum atomic E-state index is 5.59. The summed E-state index contributed by atoms with van der Waals surface area (Å²) < 4.78 is 0. The monoisotopic (exact) mass is 264 g/mol. The van der Waals surface area contributed by atoms with Crippen LogP contribution in [0.5, 0.6) is 0 Å². The van der Waals surface area contributed by atoms with Crippen molar-refractivity contribution < 1.29 is 0 Å². The van der Waals surface area contributed by atoms with E-state index in [4.69, 9.17) is 10.8 Å². The standard InChI is InChI=1S/C13H20N4S/c1-8-2-4-9(5-3-8)12-15-11-7-18-6-10(11)13(16-12)17-14/h8-9H,2-7,14H2,1H3,(H,15,16,17). The van der Waals surface area contributed by atoms with Gasteiger partial charge in [0.2, 0.25) is 0 Å². The molecule has 0 atom stereocenters. The number of nitrogens with two attached hydrogens (primary N) is 1. The van der Waals surface area contributed by atoms with Gasteiger partial charge in [-0.15, -0.1) is 0 Å². The Hall–Kier alpha value is -0.810. The molecule has 1 fully saturated rings. The summed E-state index contributed by atoms with van der Waals surface area (Å²) in [5, 5.41) is 0. The number of hydrogen-bond donors (Lipinski definition) is 2. The van der Waals surface area contributed by atoms with Crippen molar-refractivity contribution in [3.63, 3.8) is 0 Å². The molecule has 0 aromatic carbocycles. The molecule has 2 heterocycles. The molecular weight excluding hydrogens is 244 g/mol. The zero-order chi connectivity index (χ0) is 12.5. The molecule has 0 unspecified atom stereocenters. The average Bonchev–Trinajstić information content (AvgIpc) is 2.86. The van der Waals surface area contributed by atoms with Crippen LogP contribution in [0.25, 0.3) is 0 Å². The van der Waals surface area contributed by atoms with Crippen LogP contribution < -0.4 is 11.3 Å². The average molecular weight is 264 g/mol. The number of nitrogens with one attached hydrogen (secondary N) is 1. The molecule has 0 amide bonds. The molecule has 3 N–H and O–H groups in total.